The van der Waals surface area contributed by atoms with Crippen LogP contribution in [0.4, 0.5) is 0 Å². The van der Waals surface area contributed by atoms with Crippen molar-refractivity contribution in [3.8, 4) is 0 Å². The molecule has 0 saturated carbocycles. The van der Waals surface area contributed by atoms with Crippen molar-refractivity contribution in [2.75, 3.05) is 0 Å². The molecule has 0 spiro atoms. The Balaban J connectivity index is 2.43. The normalized spacial score (nSPS) is 9.70. The van der Waals surface area contributed by atoms with Crippen molar-refractivity contribution in [2.45, 2.75) is 12.8 Å². The summed E-state index contributed by atoms with van der Waals surface area (Å²) in [4.78, 5) is 0. The second-order valence-electron chi connectivity index (χ2n) is 2.26. The molecule has 0 atom stereocenters. The van der Waals surface area contributed by atoms with Crippen LogP contribution in [0.1, 0.15) is 12.0 Å². The van der Waals surface area contributed by atoms with Gasteiger partial charge in [-0.25, -0.2) is 0 Å². The van der Waals surface area contributed by atoms with Gasteiger partial charge in [-0.3, -0.25) is 0 Å². The van der Waals surface area contributed by atoms with Crippen molar-refractivity contribution >= 4 is 0 Å². The molecular formula is C9H12N. The Bertz CT molecular complexity index is 169. The van der Waals surface area contributed by atoms with Crippen molar-refractivity contribution in [3.63, 3.8) is 0 Å². The Morgan fingerprint density at radius 3 is 2.50 bits per heavy atom. The number of nitrogens with two attached hydrogens (primary N) is 1. The summed E-state index contributed by atoms with van der Waals surface area (Å²) in [5.41, 5.74) is 6.60. The van der Waals surface area contributed by atoms with Crippen molar-refractivity contribution in [1.29, 1.82) is 0 Å². The van der Waals surface area contributed by atoms with Crippen LogP contribution in [0, 0.1) is 6.54 Å². The topological polar surface area (TPSA) is 26.0 Å². The first-order valence-electron chi connectivity index (χ1n) is 3.51. The van der Waals surface area contributed by atoms with E-state index in [9.17, 15) is 0 Å². The molecule has 0 heterocycles. The number of benzene rings is 1. The summed E-state index contributed by atoms with van der Waals surface area (Å²) in [7, 11) is 0. The molecule has 0 bridgehead atoms. The summed E-state index contributed by atoms with van der Waals surface area (Å²) >= 11 is 0. The van der Waals surface area contributed by atoms with Gasteiger partial charge in [-0.05, 0) is 18.4 Å². The third kappa shape index (κ3) is 2.19. The van der Waals surface area contributed by atoms with Crippen molar-refractivity contribution in [3.05, 3.63) is 42.4 Å². The van der Waals surface area contributed by atoms with Crippen LogP contribution in [-0.2, 0) is 6.42 Å². The van der Waals surface area contributed by atoms with Gasteiger partial charge in [0.15, 0.2) is 0 Å². The van der Waals surface area contributed by atoms with E-state index in [0.29, 0.717) is 0 Å². The molecule has 1 aromatic carbocycles. The maximum atomic E-state index is 5.25. The molecule has 1 nitrogen and oxygen atoms in total. The molecule has 0 aliphatic heterocycles. The van der Waals surface area contributed by atoms with Crippen LogP contribution in [0.25, 0.3) is 0 Å². The highest BCUT2D eigenvalue weighted by Gasteiger charge is 1.87. The van der Waals surface area contributed by atoms with Crippen LogP contribution in [0.3, 0.4) is 0 Å². The van der Waals surface area contributed by atoms with Gasteiger partial charge in [-0.1, -0.05) is 30.3 Å². The van der Waals surface area contributed by atoms with Gasteiger partial charge < -0.3 is 5.73 Å². The van der Waals surface area contributed by atoms with Gasteiger partial charge in [-0.2, -0.15) is 0 Å². The fourth-order valence-electron chi connectivity index (χ4n) is 0.895. The van der Waals surface area contributed by atoms with E-state index in [1.807, 2.05) is 18.2 Å². The van der Waals surface area contributed by atoms with E-state index >= 15 is 0 Å². The first kappa shape index (κ1) is 7.29. The summed E-state index contributed by atoms with van der Waals surface area (Å²) in [6.45, 7) is 1.70. The van der Waals surface area contributed by atoms with E-state index in [1.54, 1.807) is 6.54 Å². The molecule has 0 unspecified atom stereocenters. The molecule has 0 amide bonds. The zero-order chi connectivity index (χ0) is 7.23. The fourth-order valence-corrected chi connectivity index (χ4v) is 0.895. The maximum absolute atomic E-state index is 5.25. The highest BCUT2D eigenvalue weighted by Crippen LogP contribution is 2.01. The third-order valence-electron chi connectivity index (χ3n) is 1.44. The second-order valence-corrected chi connectivity index (χ2v) is 2.26. The number of hydrogen-bond donors (Lipinski definition) is 1. The van der Waals surface area contributed by atoms with Crippen LogP contribution in [0.5, 0.6) is 0 Å². The van der Waals surface area contributed by atoms with Gasteiger partial charge >= 0.3 is 0 Å². The third-order valence-corrected chi connectivity index (χ3v) is 1.44. The van der Waals surface area contributed by atoms with Gasteiger partial charge in [0.2, 0.25) is 0 Å². The number of aryl methyl sites for hydroxylation is 1. The van der Waals surface area contributed by atoms with E-state index in [2.05, 4.69) is 12.1 Å². The molecule has 0 aliphatic carbocycles. The SMILES string of the molecule is N[CH]CCc1ccccc1. The first-order valence-corrected chi connectivity index (χ1v) is 3.51. The van der Waals surface area contributed by atoms with Crippen LogP contribution < -0.4 is 5.73 Å². The van der Waals surface area contributed by atoms with Crippen molar-refractivity contribution < 1.29 is 0 Å². The summed E-state index contributed by atoms with van der Waals surface area (Å²) in [6, 6.07) is 10.3. The molecular weight excluding hydrogens is 122 g/mol. The minimum atomic E-state index is 0.962. The minimum absolute atomic E-state index is 0.962. The average Bonchev–Trinajstić information content (AvgIpc) is 2.03. The molecule has 2 N–H and O–H groups in total. The quantitative estimate of drug-likeness (QED) is 0.669. The Kier molecular flexibility index (Phi) is 2.97. The number of hydrogen-bond acceptors (Lipinski definition) is 1. The van der Waals surface area contributed by atoms with E-state index in [1.165, 1.54) is 5.56 Å². The van der Waals surface area contributed by atoms with E-state index in [-0.39, 0.29) is 0 Å². The smallest absolute Gasteiger partial charge is 0.0195 e. The van der Waals surface area contributed by atoms with Gasteiger partial charge in [-0.15, -0.1) is 0 Å². The highest BCUT2D eigenvalue weighted by molar-refractivity contribution is 5.14. The Morgan fingerprint density at radius 1 is 1.20 bits per heavy atom. The lowest BCUT2D eigenvalue weighted by Gasteiger charge is -1.96. The Hall–Kier alpha value is -0.820. The molecule has 1 rings (SSSR count). The molecule has 0 aromatic heterocycles. The fraction of sp³-hybridized carbons (Fsp3) is 0.222. The van der Waals surface area contributed by atoms with Crippen LogP contribution >= 0.6 is 0 Å². The lowest BCUT2D eigenvalue weighted by atomic mass is 10.1. The molecule has 1 aromatic rings. The Labute approximate surface area is 61.9 Å². The molecule has 53 valence electrons. The molecule has 0 fully saturated rings. The van der Waals surface area contributed by atoms with E-state index in [4.69, 9.17) is 5.73 Å². The van der Waals surface area contributed by atoms with Crippen molar-refractivity contribution in [2.24, 2.45) is 5.73 Å². The van der Waals surface area contributed by atoms with Gasteiger partial charge in [0.1, 0.15) is 0 Å². The van der Waals surface area contributed by atoms with Gasteiger partial charge in [0, 0.05) is 6.54 Å². The zero-order valence-electron chi connectivity index (χ0n) is 5.96. The molecule has 0 aliphatic rings. The molecule has 1 heteroatoms. The lowest BCUT2D eigenvalue weighted by molar-refractivity contribution is 0.921. The largest absolute Gasteiger partial charge is 0.326 e. The van der Waals surface area contributed by atoms with Crippen LogP contribution in [0.15, 0.2) is 30.3 Å². The van der Waals surface area contributed by atoms with Crippen LogP contribution in [0.2, 0.25) is 0 Å². The predicted molar refractivity (Wildman–Crippen MR) is 43.3 cm³/mol. The number of rotatable bonds is 3. The molecule has 1 radical (unpaired) electrons. The maximum Gasteiger partial charge on any atom is 0.0195 e. The van der Waals surface area contributed by atoms with Gasteiger partial charge in [0.05, 0.1) is 0 Å². The van der Waals surface area contributed by atoms with E-state index < -0.39 is 0 Å². The lowest BCUT2D eigenvalue weighted by Crippen LogP contribution is -1.92. The first-order chi connectivity index (χ1) is 4.93. The van der Waals surface area contributed by atoms with Crippen LogP contribution in [-0.4, -0.2) is 0 Å². The summed E-state index contributed by atoms with van der Waals surface area (Å²) in [6.07, 6.45) is 2.02. The summed E-state index contributed by atoms with van der Waals surface area (Å²) < 4.78 is 0. The molecule has 10 heavy (non-hydrogen) atoms. The Morgan fingerprint density at radius 2 is 1.90 bits per heavy atom. The average molecular weight is 134 g/mol. The summed E-state index contributed by atoms with van der Waals surface area (Å²) in [5.74, 6) is 0. The highest BCUT2D eigenvalue weighted by atomic mass is 14.5. The molecule has 0 saturated heterocycles. The standard InChI is InChI=1S/C9H12N/c10-8-4-7-9-5-2-1-3-6-9/h1-3,5-6,8H,4,7,10H2. The summed E-state index contributed by atoms with van der Waals surface area (Å²) in [5, 5.41) is 0. The zero-order valence-corrected chi connectivity index (χ0v) is 5.96. The predicted octanol–water partition coefficient (Wildman–Crippen LogP) is 1.74. The monoisotopic (exact) mass is 134 g/mol. The van der Waals surface area contributed by atoms with Gasteiger partial charge in [0.25, 0.3) is 0 Å². The van der Waals surface area contributed by atoms with Crippen molar-refractivity contribution in [1.82, 2.24) is 0 Å². The van der Waals surface area contributed by atoms with E-state index in [0.717, 1.165) is 12.8 Å². The second kappa shape index (κ2) is 4.07. The minimum Gasteiger partial charge on any atom is -0.326 e.